The van der Waals surface area contributed by atoms with Crippen molar-refractivity contribution < 1.29 is 14.6 Å². The lowest BCUT2D eigenvalue weighted by molar-refractivity contribution is -0.156. The summed E-state index contributed by atoms with van der Waals surface area (Å²) in [5, 5.41) is 9.29. The van der Waals surface area contributed by atoms with Crippen molar-refractivity contribution in [3.8, 4) is 0 Å². The average molecular weight is 186 g/mol. The molecule has 1 N–H and O–H groups in total. The molecular weight excluding hydrogens is 168 g/mol. The third-order valence-corrected chi connectivity index (χ3v) is 1.35. The van der Waals surface area contributed by atoms with E-state index in [0.29, 0.717) is 5.57 Å². The summed E-state index contributed by atoms with van der Waals surface area (Å²) in [6.07, 6.45) is -0.818. The average Bonchev–Trinajstić information content (AvgIpc) is 1.81. The molecular formula is C10H18O3. The molecule has 0 rings (SSSR count). The molecule has 0 spiro atoms. The molecule has 0 saturated carbocycles. The first-order chi connectivity index (χ1) is 5.72. The van der Waals surface area contributed by atoms with E-state index >= 15 is 0 Å². The molecule has 0 saturated heterocycles. The van der Waals surface area contributed by atoms with Crippen LogP contribution in [0.5, 0.6) is 0 Å². The number of esters is 1. The summed E-state index contributed by atoms with van der Waals surface area (Å²) in [6, 6.07) is 0. The highest BCUT2D eigenvalue weighted by Gasteiger charge is 2.19. The maximum Gasteiger partial charge on any atom is 0.309 e. The molecule has 13 heavy (non-hydrogen) atoms. The molecule has 1 unspecified atom stereocenters. The number of rotatable bonds is 3. The topological polar surface area (TPSA) is 46.5 Å². The summed E-state index contributed by atoms with van der Waals surface area (Å²) in [5.41, 5.74) is 0.0807. The lowest BCUT2D eigenvalue weighted by Gasteiger charge is -2.20. The lowest BCUT2D eigenvalue weighted by Crippen LogP contribution is -2.26. The summed E-state index contributed by atoms with van der Waals surface area (Å²) in [6.45, 7) is 10.6. The monoisotopic (exact) mass is 186 g/mol. The maximum absolute atomic E-state index is 11.2. The van der Waals surface area contributed by atoms with E-state index in [2.05, 4.69) is 6.58 Å². The van der Waals surface area contributed by atoms with Gasteiger partial charge in [-0.2, -0.15) is 0 Å². The molecule has 1 atom stereocenters. The van der Waals surface area contributed by atoms with E-state index in [0.717, 1.165) is 0 Å². The Morgan fingerprint density at radius 2 is 2.00 bits per heavy atom. The molecule has 0 aromatic rings. The number of carbonyl (C=O) groups is 1. The minimum Gasteiger partial charge on any atom is -0.460 e. The SMILES string of the molecule is C=C(C)C(O)CC(=O)OC(C)(C)C. The van der Waals surface area contributed by atoms with Gasteiger partial charge in [0.2, 0.25) is 0 Å². The second kappa shape index (κ2) is 4.42. The van der Waals surface area contributed by atoms with Crippen LogP contribution in [-0.2, 0) is 9.53 Å². The minimum atomic E-state index is -0.796. The summed E-state index contributed by atoms with van der Waals surface area (Å²) in [4.78, 5) is 11.2. The molecule has 3 nitrogen and oxygen atoms in total. The van der Waals surface area contributed by atoms with Gasteiger partial charge in [-0.1, -0.05) is 12.2 Å². The fourth-order valence-corrected chi connectivity index (χ4v) is 0.715. The zero-order valence-corrected chi connectivity index (χ0v) is 8.76. The third-order valence-electron chi connectivity index (χ3n) is 1.35. The van der Waals surface area contributed by atoms with Gasteiger partial charge in [0.05, 0.1) is 12.5 Å². The van der Waals surface area contributed by atoms with Gasteiger partial charge in [0.15, 0.2) is 0 Å². The zero-order valence-electron chi connectivity index (χ0n) is 8.76. The standard InChI is InChI=1S/C10H18O3/c1-7(2)8(11)6-9(12)13-10(3,4)5/h8,11H,1,6H2,2-5H3. The Balaban J connectivity index is 3.96. The first-order valence-electron chi connectivity index (χ1n) is 4.27. The number of carbonyl (C=O) groups excluding carboxylic acids is 1. The van der Waals surface area contributed by atoms with Crippen LogP contribution in [0.15, 0.2) is 12.2 Å². The lowest BCUT2D eigenvalue weighted by atomic mass is 10.1. The fraction of sp³-hybridized carbons (Fsp3) is 0.700. The highest BCUT2D eigenvalue weighted by molar-refractivity contribution is 5.70. The van der Waals surface area contributed by atoms with Crippen molar-refractivity contribution in [3.63, 3.8) is 0 Å². The summed E-state index contributed by atoms with van der Waals surface area (Å²) in [5.74, 6) is -0.400. The molecule has 76 valence electrons. The van der Waals surface area contributed by atoms with Crippen LogP contribution in [0.1, 0.15) is 34.1 Å². The van der Waals surface area contributed by atoms with Gasteiger partial charge in [-0.15, -0.1) is 0 Å². The Morgan fingerprint density at radius 1 is 1.54 bits per heavy atom. The minimum absolute atomic E-state index is 0.0212. The molecule has 0 heterocycles. The number of aliphatic hydroxyl groups excluding tert-OH is 1. The van der Waals surface area contributed by atoms with E-state index in [1.165, 1.54) is 0 Å². The predicted molar refractivity (Wildman–Crippen MR) is 51.3 cm³/mol. The van der Waals surface area contributed by atoms with E-state index in [1.54, 1.807) is 27.7 Å². The van der Waals surface area contributed by atoms with Gasteiger partial charge in [0.25, 0.3) is 0 Å². The number of aliphatic hydroxyl groups is 1. The molecule has 3 heteroatoms. The van der Waals surface area contributed by atoms with Crippen LogP contribution in [0.3, 0.4) is 0 Å². The molecule has 0 aromatic heterocycles. The third kappa shape index (κ3) is 6.34. The molecule has 0 aromatic carbocycles. The molecule has 0 aliphatic heterocycles. The second-order valence-corrected chi connectivity index (χ2v) is 4.15. The van der Waals surface area contributed by atoms with Crippen molar-refractivity contribution in [1.82, 2.24) is 0 Å². The first kappa shape index (κ1) is 12.2. The van der Waals surface area contributed by atoms with Crippen LogP contribution in [0, 0.1) is 0 Å². The van der Waals surface area contributed by atoms with Gasteiger partial charge in [0, 0.05) is 0 Å². The molecule has 0 radical (unpaired) electrons. The van der Waals surface area contributed by atoms with Crippen molar-refractivity contribution in [2.45, 2.75) is 45.8 Å². The van der Waals surface area contributed by atoms with Crippen LogP contribution < -0.4 is 0 Å². The Hall–Kier alpha value is -0.830. The maximum atomic E-state index is 11.2. The summed E-state index contributed by atoms with van der Waals surface area (Å²) >= 11 is 0. The number of hydrogen-bond acceptors (Lipinski definition) is 3. The molecule has 0 amide bonds. The molecule has 0 aliphatic carbocycles. The zero-order chi connectivity index (χ0) is 10.6. The van der Waals surface area contributed by atoms with Crippen molar-refractivity contribution in [2.75, 3.05) is 0 Å². The smallest absolute Gasteiger partial charge is 0.309 e. The fourth-order valence-electron chi connectivity index (χ4n) is 0.715. The highest BCUT2D eigenvalue weighted by atomic mass is 16.6. The van der Waals surface area contributed by atoms with Crippen LogP contribution in [0.2, 0.25) is 0 Å². The number of hydrogen-bond donors (Lipinski definition) is 1. The highest BCUT2D eigenvalue weighted by Crippen LogP contribution is 2.11. The van der Waals surface area contributed by atoms with E-state index in [4.69, 9.17) is 4.74 Å². The summed E-state index contributed by atoms with van der Waals surface area (Å²) < 4.78 is 5.02. The normalized spacial score (nSPS) is 13.6. The predicted octanol–water partition coefficient (Wildman–Crippen LogP) is 1.66. The number of ether oxygens (including phenoxy) is 1. The summed E-state index contributed by atoms with van der Waals surface area (Å²) in [7, 11) is 0. The van der Waals surface area contributed by atoms with Gasteiger partial charge in [-0.05, 0) is 27.7 Å². The Kier molecular flexibility index (Phi) is 4.14. The van der Waals surface area contributed by atoms with E-state index in [-0.39, 0.29) is 6.42 Å². The van der Waals surface area contributed by atoms with Crippen LogP contribution in [0.4, 0.5) is 0 Å². The largest absolute Gasteiger partial charge is 0.460 e. The van der Waals surface area contributed by atoms with Gasteiger partial charge < -0.3 is 9.84 Å². The van der Waals surface area contributed by atoms with E-state index in [9.17, 15) is 9.90 Å². The Labute approximate surface area is 79.4 Å². The van der Waals surface area contributed by atoms with Crippen LogP contribution in [0.25, 0.3) is 0 Å². The van der Waals surface area contributed by atoms with Gasteiger partial charge >= 0.3 is 5.97 Å². The van der Waals surface area contributed by atoms with Gasteiger partial charge in [-0.3, -0.25) is 4.79 Å². The van der Waals surface area contributed by atoms with Crippen LogP contribution in [-0.4, -0.2) is 22.8 Å². The molecule has 0 aliphatic rings. The Morgan fingerprint density at radius 3 is 2.31 bits per heavy atom. The van der Waals surface area contributed by atoms with Crippen molar-refractivity contribution in [1.29, 1.82) is 0 Å². The van der Waals surface area contributed by atoms with E-state index < -0.39 is 17.7 Å². The first-order valence-corrected chi connectivity index (χ1v) is 4.27. The van der Waals surface area contributed by atoms with Crippen molar-refractivity contribution in [3.05, 3.63) is 12.2 Å². The van der Waals surface area contributed by atoms with Gasteiger partial charge in [-0.25, -0.2) is 0 Å². The quantitative estimate of drug-likeness (QED) is 0.538. The van der Waals surface area contributed by atoms with E-state index in [1.807, 2.05) is 0 Å². The van der Waals surface area contributed by atoms with Gasteiger partial charge in [0.1, 0.15) is 5.60 Å². The van der Waals surface area contributed by atoms with Crippen molar-refractivity contribution in [2.24, 2.45) is 0 Å². The molecule has 0 fully saturated rings. The Bertz CT molecular complexity index is 201. The second-order valence-electron chi connectivity index (χ2n) is 4.15. The van der Waals surface area contributed by atoms with Crippen LogP contribution >= 0.6 is 0 Å². The molecule has 0 bridgehead atoms. The van der Waals surface area contributed by atoms with Crippen molar-refractivity contribution >= 4 is 5.97 Å².